The number of hydrogen-bond donors (Lipinski definition) is 2. The Labute approximate surface area is 433 Å². The van der Waals surface area contributed by atoms with Crippen molar-refractivity contribution in [3.05, 3.63) is 120 Å². The van der Waals surface area contributed by atoms with Crippen molar-refractivity contribution in [2.45, 2.75) is 95.8 Å². The van der Waals surface area contributed by atoms with Gasteiger partial charge in [0.2, 0.25) is 13.1 Å². The number of halogens is 1. The van der Waals surface area contributed by atoms with E-state index in [-0.39, 0.29) is 72.4 Å². The van der Waals surface area contributed by atoms with Crippen LogP contribution in [0.3, 0.4) is 0 Å². The largest absolute Gasteiger partial charge is 0.374 e. The molecule has 2 N–H and O–H groups in total. The van der Waals surface area contributed by atoms with E-state index >= 15 is 4.39 Å². The second-order valence-corrected chi connectivity index (χ2v) is 21.5. The lowest BCUT2D eigenvalue weighted by Gasteiger charge is -2.38. The number of nitrogens with one attached hydrogen (secondary N) is 2. The number of imidazole rings is 2. The first-order valence-corrected chi connectivity index (χ1v) is 26.9. The Balaban J connectivity index is 1.09. The van der Waals surface area contributed by atoms with E-state index in [0.717, 1.165) is 0 Å². The number of alkyl halides is 1. The third-order valence-corrected chi connectivity index (χ3v) is 16.1. The molecule has 27 heteroatoms. The molecule has 0 saturated carbocycles. The molecule has 6 aromatic rings. The standard InChI is InChI=1S/C47H54FN13O10P2S/c1-28(2)61(29(3)4)72(65-21-19-49-6)70-38-33(69-47(39(38)64-8)60-27-56-36-41(52-25-54-43(36)60)58-45(63)32-17-13-10-14-18-32)23-67-73(74,66-22-20-50-7)71-37-30(5)68-46(34(37)48)59-26-55-35-40(51-24-53-42(35)59)57-44(62)31-15-11-9-12-16-31/h9-18,24-30,33-34,37-39,46-47H,19-23H2,1-5,8H3,(H,51,53,57,62)(H,52,54,58,63)/t30-,33-,34+,37?,38?,39+,46-,47-,72?,73?/m1/s1/i5D. The van der Waals surface area contributed by atoms with Gasteiger partial charge >= 0.3 is 6.72 Å². The van der Waals surface area contributed by atoms with Gasteiger partial charge in [0.15, 0.2) is 52.6 Å². The van der Waals surface area contributed by atoms with E-state index in [1.165, 1.54) is 37.0 Å². The number of benzene rings is 2. The van der Waals surface area contributed by atoms with Crippen LogP contribution in [-0.4, -0.2) is 144 Å². The fourth-order valence-corrected chi connectivity index (χ4v) is 12.1. The molecule has 2 aliphatic rings. The lowest BCUT2D eigenvalue weighted by atomic mass is 10.1. The zero-order valence-electron chi connectivity index (χ0n) is 41.8. The molecule has 0 radical (unpaired) electrons. The van der Waals surface area contributed by atoms with Crippen molar-refractivity contribution in [2.24, 2.45) is 0 Å². The summed E-state index contributed by atoms with van der Waals surface area (Å²) in [5, 5.41) is 5.54. The average Bonchev–Trinajstić information content (AvgIpc) is 4.20. The molecule has 0 aliphatic carbocycles. The van der Waals surface area contributed by atoms with Crippen molar-refractivity contribution in [2.75, 3.05) is 50.7 Å². The second-order valence-electron chi connectivity index (χ2n) is 17.1. The molecule has 10 atom stereocenters. The molecular weight excluding hydrogens is 1020 g/mol. The van der Waals surface area contributed by atoms with E-state index in [1.807, 2.05) is 32.4 Å². The number of rotatable bonds is 23. The minimum absolute atomic E-state index is 0.0604. The van der Waals surface area contributed by atoms with Crippen LogP contribution >= 0.6 is 15.2 Å². The first-order valence-electron chi connectivity index (χ1n) is 24.0. The van der Waals surface area contributed by atoms with Gasteiger partial charge in [-0.05, 0) is 70.7 Å². The number of carbonyl (C=O) groups excluding carboxylic acids is 2. The first kappa shape index (κ1) is 53.0. The van der Waals surface area contributed by atoms with Crippen molar-refractivity contribution in [3.63, 3.8) is 0 Å². The molecule has 2 amide bonds. The van der Waals surface area contributed by atoms with Gasteiger partial charge in [-0.2, -0.15) is 0 Å². The van der Waals surface area contributed by atoms with Crippen LogP contribution in [0, 0.1) is 13.1 Å². The lowest BCUT2D eigenvalue weighted by molar-refractivity contribution is -0.0588. The summed E-state index contributed by atoms with van der Waals surface area (Å²) in [4.78, 5) is 59.4. The highest BCUT2D eigenvalue weighted by atomic mass is 32.5. The molecule has 4 unspecified atom stereocenters. The van der Waals surface area contributed by atoms with E-state index in [2.05, 4.69) is 50.2 Å². The van der Waals surface area contributed by atoms with E-state index < -0.39 is 89.7 Å². The number of carbonyl (C=O) groups is 2. The van der Waals surface area contributed by atoms with Crippen LogP contribution in [0.25, 0.3) is 32.0 Å². The highest BCUT2D eigenvalue weighted by Gasteiger charge is 2.52. The van der Waals surface area contributed by atoms with Crippen molar-refractivity contribution in [1.29, 1.82) is 0 Å². The predicted molar refractivity (Wildman–Crippen MR) is 272 cm³/mol. The topological polar surface area (TPSA) is 231 Å². The third kappa shape index (κ3) is 12.1. The fraction of sp³-hybridized carbons (Fsp3) is 0.447. The van der Waals surface area contributed by atoms with Gasteiger partial charge in [-0.3, -0.25) is 23.2 Å². The summed E-state index contributed by atoms with van der Waals surface area (Å²) < 4.78 is 81.6. The van der Waals surface area contributed by atoms with E-state index in [9.17, 15) is 9.59 Å². The normalized spacial score (nSPS) is 23.2. The Morgan fingerprint density at radius 1 is 0.811 bits per heavy atom. The molecule has 6 heterocycles. The average molecular weight is 1080 g/mol. The molecule has 23 nitrogen and oxygen atoms in total. The maximum Gasteiger partial charge on any atom is 0.327 e. The van der Waals surface area contributed by atoms with E-state index in [0.29, 0.717) is 11.1 Å². The number of hydrogen-bond acceptors (Lipinski definition) is 18. The Bertz CT molecular complexity index is 3040. The molecule has 2 saturated heterocycles. The number of aromatic nitrogens is 8. The monoisotopic (exact) mass is 1070 g/mol. The molecular formula is C47H54FN13O10P2S. The summed E-state index contributed by atoms with van der Waals surface area (Å²) in [5.41, 5.74) is 1.57. The SMILES string of the molecule is [2H]C[C@H]1O[C@@H](n2cnc3c(NC(=O)c4ccccc4)ncnc32)[C@@H](F)C1OP(=S)(OCC[N+]#[C-])OC[C@H]1O[C@@H](n2cnc3c(NC(=O)c4ccccc4)ncnc32)[C@@H](OC)C1OP(OCC[N+]#[C-])N(C(C)C)C(C)C. The Morgan fingerprint density at radius 2 is 1.36 bits per heavy atom. The van der Waals surface area contributed by atoms with Crippen LogP contribution in [0.1, 0.15) is 69.1 Å². The predicted octanol–water partition coefficient (Wildman–Crippen LogP) is 7.57. The fourth-order valence-electron chi connectivity index (χ4n) is 8.29. The van der Waals surface area contributed by atoms with E-state index in [4.69, 9.17) is 63.2 Å². The van der Waals surface area contributed by atoms with Crippen LogP contribution in [-0.2, 0) is 48.6 Å². The van der Waals surface area contributed by atoms with Crippen LogP contribution in [0.15, 0.2) is 86.0 Å². The maximum absolute atomic E-state index is 17.1. The summed E-state index contributed by atoms with van der Waals surface area (Å²) in [6, 6.07) is 16.9. The minimum Gasteiger partial charge on any atom is -0.374 e. The molecule has 390 valence electrons. The maximum atomic E-state index is 17.1. The molecule has 74 heavy (non-hydrogen) atoms. The number of ether oxygens (including phenoxy) is 3. The zero-order valence-corrected chi connectivity index (χ0v) is 43.4. The van der Waals surface area contributed by atoms with Crippen molar-refractivity contribution in [3.8, 4) is 0 Å². The Hall–Kier alpha value is -5.89. The molecule has 2 aromatic carbocycles. The number of nitrogens with zero attached hydrogens (tertiary/aromatic N) is 11. The van der Waals surface area contributed by atoms with Crippen molar-refractivity contribution < 1.29 is 52.2 Å². The smallest absolute Gasteiger partial charge is 0.327 e. The second kappa shape index (κ2) is 24.6. The molecule has 0 bridgehead atoms. The van der Waals surface area contributed by atoms with Gasteiger partial charge in [-0.25, -0.2) is 52.1 Å². The highest BCUT2D eigenvalue weighted by molar-refractivity contribution is 8.07. The van der Waals surface area contributed by atoms with E-state index in [1.54, 1.807) is 65.2 Å². The summed E-state index contributed by atoms with van der Waals surface area (Å²) in [6.45, 7) is 17.6. The van der Waals surface area contributed by atoms with Gasteiger partial charge in [0.05, 0.1) is 25.4 Å². The third-order valence-electron chi connectivity index (χ3n) is 11.6. The van der Waals surface area contributed by atoms with Crippen LogP contribution in [0.4, 0.5) is 16.0 Å². The van der Waals surface area contributed by atoms with Crippen LogP contribution < -0.4 is 10.6 Å². The number of amides is 2. The van der Waals surface area contributed by atoms with Gasteiger partial charge in [-0.15, -0.1) is 0 Å². The zero-order chi connectivity index (χ0) is 53.2. The van der Waals surface area contributed by atoms with Crippen LogP contribution in [0.2, 0.25) is 0 Å². The van der Waals surface area contributed by atoms with Gasteiger partial charge in [-0.1, -0.05) is 36.4 Å². The van der Waals surface area contributed by atoms with Gasteiger partial charge in [0.25, 0.3) is 20.3 Å². The van der Waals surface area contributed by atoms with Gasteiger partial charge < -0.3 is 52.6 Å². The first-order chi connectivity index (χ1) is 36.3. The van der Waals surface area contributed by atoms with Gasteiger partial charge in [0, 0.05) is 31.7 Å². The van der Waals surface area contributed by atoms with Crippen LogP contribution in [0.5, 0.6) is 0 Å². The summed E-state index contributed by atoms with van der Waals surface area (Å²) in [5.74, 6) is -0.643. The van der Waals surface area contributed by atoms with Crippen molar-refractivity contribution >= 4 is 72.8 Å². The molecule has 4 aromatic heterocycles. The number of methoxy groups -OCH3 is 1. The summed E-state index contributed by atoms with van der Waals surface area (Å²) in [7, 11) is -0.448. The molecule has 0 spiro atoms. The quantitative estimate of drug-likeness (QED) is 0.0358. The molecule has 8 rings (SSSR count). The molecule has 2 fully saturated rings. The Kier molecular flexibility index (Phi) is 17.6. The highest BCUT2D eigenvalue weighted by Crippen LogP contribution is 2.56. The number of fused-ring (bicyclic) bond motifs is 2. The summed E-state index contributed by atoms with van der Waals surface area (Å²) in [6.07, 6.45) is -5.06. The lowest BCUT2D eigenvalue weighted by Crippen LogP contribution is -2.41. The van der Waals surface area contributed by atoms with Crippen molar-refractivity contribution in [1.82, 2.24) is 43.7 Å². The number of anilines is 2. The molecule has 2 aliphatic heterocycles. The van der Waals surface area contributed by atoms with Gasteiger partial charge in [0.1, 0.15) is 50.3 Å². The summed E-state index contributed by atoms with van der Waals surface area (Å²) >= 11 is 6.00. The Morgan fingerprint density at radius 3 is 1.89 bits per heavy atom. The minimum atomic E-state index is -4.11.